The molecule has 2 aromatic heterocycles. The van der Waals surface area contributed by atoms with Gasteiger partial charge < -0.3 is 11.1 Å². The van der Waals surface area contributed by atoms with Crippen molar-refractivity contribution in [3.05, 3.63) is 53.5 Å². The minimum atomic E-state index is -0.751. The smallest absolute Gasteiger partial charge is 0.161 e. The highest BCUT2D eigenvalue weighted by molar-refractivity contribution is 5.60. The van der Waals surface area contributed by atoms with Crippen LogP contribution in [0.3, 0.4) is 0 Å². The van der Waals surface area contributed by atoms with Gasteiger partial charge >= 0.3 is 0 Å². The SMILES string of the molecule is CCc1nn(-c2cc(Nc3c(F)cccc3F)ncn2)c(N)c1C#N. The van der Waals surface area contributed by atoms with E-state index in [1.807, 2.05) is 13.0 Å². The average molecular weight is 341 g/mol. The molecule has 0 saturated carbocycles. The number of rotatable bonds is 4. The molecule has 0 aliphatic rings. The summed E-state index contributed by atoms with van der Waals surface area (Å²) in [5, 5.41) is 16.0. The molecule has 0 aliphatic carbocycles. The quantitative estimate of drug-likeness (QED) is 0.756. The third kappa shape index (κ3) is 2.97. The summed E-state index contributed by atoms with van der Waals surface area (Å²) in [7, 11) is 0. The normalized spacial score (nSPS) is 10.5. The van der Waals surface area contributed by atoms with Gasteiger partial charge in [0.15, 0.2) is 5.82 Å². The van der Waals surface area contributed by atoms with Gasteiger partial charge in [0, 0.05) is 6.07 Å². The van der Waals surface area contributed by atoms with Crippen LogP contribution in [0.5, 0.6) is 0 Å². The zero-order chi connectivity index (χ0) is 18.0. The summed E-state index contributed by atoms with van der Waals surface area (Å²) in [5.74, 6) is -0.943. The lowest BCUT2D eigenvalue weighted by Gasteiger charge is -2.09. The van der Waals surface area contributed by atoms with E-state index in [1.165, 1.54) is 23.1 Å². The van der Waals surface area contributed by atoms with Gasteiger partial charge in [-0.3, -0.25) is 0 Å². The standard InChI is InChI=1S/C16H13F2N7/c1-2-12-9(7-19)16(20)25(24-12)14-6-13(21-8-22-14)23-15-10(17)4-3-5-11(15)18/h3-6,8H,2,20H2,1H3,(H,21,22,23). The second kappa shape index (κ2) is 6.52. The van der Waals surface area contributed by atoms with Crippen LogP contribution in [0.1, 0.15) is 18.2 Å². The molecular weight excluding hydrogens is 328 g/mol. The van der Waals surface area contributed by atoms with Crippen LogP contribution in [0.2, 0.25) is 0 Å². The fourth-order valence-electron chi connectivity index (χ4n) is 2.30. The zero-order valence-electron chi connectivity index (χ0n) is 13.2. The molecule has 0 fully saturated rings. The Bertz CT molecular complexity index is 955. The van der Waals surface area contributed by atoms with Crippen molar-refractivity contribution in [1.82, 2.24) is 19.7 Å². The van der Waals surface area contributed by atoms with E-state index in [0.717, 1.165) is 12.1 Å². The van der Waals surface area contributed by atoms with Gasteiger partial charge in [-0.15, -0.1) is 0 Å². The van der Waals surface area contributed by atoms with Crippen LogP contribution in [0, 0.1) is 23.0 Å². The van der Waals surface area contributed by atoms with Crippen molar-refractivity contribution in [3.8, 4) is 11.9 Å². The first-order valence-corrected chi connectivity index (χ1v) is 7.36. The number of hydrogen-bond donors (Lipinski definition) is 2. The second-order valence-electron chi connectivity index (χ2n) is 5.07. The minimum absolute atomic E-state index is 0.140. The van der Waals surface area contributed by atoms with Crippen molar-refractivity contribution in [2.45, 2.75) is 13.3 Å². The summed E-state index contributed by atoms with van der Waals surface area (Å²) in [4.78, 5) is 7.99. The van der Waals surface area contributed by atoms with E-state index in [2.05, 4.69) is 20.4 Å². The van der Waals surface area contributed by atoms with Crippen LogP contribution in [-0.2, 0) is 6.42 Å². The number of nitrogens with one attached hydrogen (secondary N) is 1. The molecule has 0 radical (unpaired) electrons. The number of aromatic nitrogens is 4. The summed E-state index contributed by atoms with van der Waals surface area (Å²) in [6.07, 6.45) is 1.73. The minimum Gasteiger partial charge on any atom is -0.382 e. The van der Waals surface area contributed by atoms with Crippen LogP contribution < -0.4 is 11.1 Å². The molecule has 25 heavy (non-hydrogen) atoms. The van der Waals surface area contributed by atoms with E-state index < -0.39 is 11.6 Å². The average Bonchev–Trinajstić information content (AvgIpc) is 2.94. The number of nitrogens with zero attached hydrogens (tertiary/aromatic N) is 5. The molecule has 9 heteroatoms. The topological polar surface area (TPSA) is 105 Å². The fraction of sp³-hybridized carbons (Fsp3) is 0.125. The molecule has 1 aromatic carbocycles. The van der Waals surface area contributed by atoms with Crippen molar-refractivity contribution in [2.24, 2.45) is 0 Å². The summed E-state index contributed by atoms with van der Waals surface area (Å²) >= 11 is 0. The summed E-state index contributed by atoms with van der Waals surface area (Å²) in [6, 6.07) is 6.96. The van der Waals surface area contributed by atoms with Crippen molar-refractivity contribution in [3.63, 3.8) is 0 Å². The molecular formula is C16H13F2N7. The molecule has 3 N–H and O–H groups in total. The van der Waals surface area contributed by atoms with Gasteiger partial charge in [-0.05, 0) is 18.6 Å². The Morgan fingerprint density at radius 3 is 2.60 bits per heavy atom. The van der Waals surface area contributed by atoms with Gasteiger partial charge in [-0.2, -0.15) is 15.0 Å². The Balaban J connectivity index is 2.01. The molecule has 3 rings (SSSR count). The molecule has 0 unspecified atom stereocenters. The predicted molar refractivity (Wildman–Crippen MR) is 87.3 cm³/mol. The molecule has 0 spiro atoms. The first kappa shape index (κ1) is 16.3. The maximum atomic E-state index is 13.8. The van der Waals surface area contributed by atoms with Crippen LogP contribution in [-0.4, -0.2) is 19.7 Å². The van der Waals surface area contributed by atoms with E-state index in [-0.39, 0.29) is 28.7 Å². The highest BCUT2D eigenvalue weighted by atomic mass is 19.1. The number of benzene rings is 1. The molecule has 7 nitrogen and oxygen atoms in total. The highest BCUT2D eigenvalue weighted by Gasteiger charge is 2.17. The maximum Gasteiger partial charge on any atom is 0.161 e. The largest absolute Gasteiger partial charge is 0.382 e. The first-order chi connectivity index (χ1) is 12.0. The zero-order valence-corrected chi connectivity index (χ0v) is 13.2. The Hall–Kier alpha value is -3.54. The Labute approximate surface area is 141 Å². The van der Waals surface area contributed by atoms with Crippen molar-refractivity contribution in [1.29, 1.82) is 5.26 Å². The van der Waals surface area contributed by atoms with E-state index in [4.69, 9.17) is 5.73 Å². The third-order valence-electron chi connectivity index (χ3n) is 3.53. The number of para-hydroxylation sites is 1. The number of hydrogen-bond acceptors (Lipinski definition) is 6. The van der Waals surface area contributed by atoms with Gasteiger partial charge in [0.25, 0.3) is 0 Å². The summed E-state index contributed by atoms with van der Waals surface area (Å²) in [6.45, 7) is 1.85. The lowest BCUT2D eigenvalue weighted by Crippen LogP contribution is -2.07. The molecule has 0 atom stereocenters. The van der Waals surface area contributed by atoms with Gasteiger partial charge in [-0.25, -0.2) is 18.7 Å². The fourth-order valence-corrected chi connectivity index (χ4v) is 2.30. The van der Waals surface area contributed by atoms with Crippen LogP contribution in [0.25, 0.3) is 5.82 Å². The van der Waals surface area contributed by atoms with E-state index in [1.54, 1.807) is 0 Å². The van der Waals surface area contributed by atoms with E-state index in [9.17, 15) is 14.0 Å². The summed E-state index contributed by atoms with van der Waals surface area (Å²) < 4.78 is 28.8. The molecule has 126 valence electrons. The first-order valence-electron chi connectivity index (χ1n) is 7.36. The van der Waals surface area contributed by atoms with Gasteiger partial charge in [0.1, 0.15) is 46.9 Å². The number of nitrogen functional groups attached to an aromatic ring is 1. The third-order valence-corrected chi connectivity index (χ3v) is 3.53. The van der Waals surface area contributed by atoms with Crippen molar-refractivity contribution >= 4 is 17.3 Å². The molecule has 0 amide bonds. The summed E-state index contributed by atoms with van der Waals surface area (Å²) in [5.41, 5.74) is 6.43. The second-order valence-corrected chi connectivity index (χ2v) is 5.07. The predicted octanol–water partition coefficient (Wildman–Crippen LogP) is 2.70. The Kier molecular flexibility index (Phi) is 4.26. The van der Waals surface area contributed by atoms with E-state index in [0.29, 0.717) is 12.1 Å². The number of nitriles is 1. The molecule has 0 bridgehead atoms. The molecule has 3 aromatic rings. The van der Waals surface area contributed by atoms with Crippen LogP contribution >= 0.6 is 0 Å². The van der Waals surface area contributed by atoms with Crippen LogP contribution in [0.4, 0.5) is 26.1 Å². The number of halogens is 2. The number of aryl methyl sites for hydroxylation is 1. The van der Waals surface area contributed by atoms with Gasteiger partial charge in [-0.1, -0.05) is 13.0 Å². The van der Waals surface area contributed by atoms with Crippen molar-refractivity contribution in [2.75, 3.05) is 11.1 Å². The Morgan fingerprint density at radius 2 is 2.00 bits per heavy atom. The maximum absolute atomic E-state index is 13.8. The van der Waals surface area contributed by atoms with E-state index >= 15 is 0 Å². The van der Waals surface area contributed by atoms with Gasteiger partial charge in [0.05, 0.1) is 5.69 Å². The molecule has 0 saturated heterocycles. The number of anilines is 3. The number of nitrogens with two attached hydrogens (primary N) is 1. The highest BCUT2D eigenvalue weighted by Crippen LogP contribution is 2.24. The monoisotopic (exact) mass is 341 g/mol. The van der Waals surface area contributed by atoms with Gasteiger partial charge in [0.2, 0.25) is 0 Å². The lowest BCUT2D eigenvalue weighted by molar-refractivity contribution is 0.590. The van der Waals surface area contributed by atoms with Crippen molar-refractivity contribution < 1.29 is 8.78 Å². The Morgan fingerprint density at radius 1 is 1.28 bits per heavy atom. The lowest BCUT2D eigenvalue weighted by atomic mass is 10.2. The van der Waals surface area contributed by atoms with Crippen LogP contribution in [0.15, 0.2) is 30.6 Å². The molecule has 0 aliphatic heterocycles. The molecule has 2 heterocycles.